The van der Waals surface area contributed by atoms with E-state index in [0.29, 0.717) is 12.0 Å². The molecule has 0 aliphatic carbocycles. The molecule has 1 aliphatic rings. The number of hydrogen-bond donors (Lipinski definition) is 1. The van der Waals surface area contributed by atoms with Gasteiger partial charge in [0.1, 0.15) is 0 Å². The van der Waals surface area contributed by atoms with Gasteiger partial charge in [-0.2, -0.15) is 0 Å². The van der Waals surface area contributed by atoms with Gasteiger partial charge in [-0.3, -0.25) is 4.79 Å². The van der Waals surface area contributed by atoms with Crippen LogP contribution in [0.1, 0.15) is 44.6 Å². The van der Waals surface area contributed by atoms with Crippen LogP contribution in [0.15, 0.2) is 30.3 Å². The molecular weight excluding hydrogens is 250 g/mol. The lowest BCUT2D eigenvalue weighted by atomic mass is 9.82. The Hall–Kier alpha value is -1.35. The van der Waals surface area contributed by atoms with E-state index in [-0.39, 0.29) is 0 Å². The minimum atomic E-state index is -0.721. The fourth-order valence-electron chi connectivity index (χ4n) is 3.28. The molecule has 1 fully saturated rings. The van der Waals surface area contributed by atoms with Gasteiger partial charge in [0, 0.05) is 13.1 Å². The first-order chi connectivity index (χ1) is 9.60. The highest BCUT2D eigenvalue weighted by Gasteiger charge is 2.36. The first-order valence-electron chi connectivity index (χ1n) is 7.60. The van der Waals surface area contributed by atoms with Crippen LogP contribution in [0.25, 0.3) is 0 Å². The van der Waals surface area contributed by atoms with Crippen molar-refractivity contribution in [3.8, 4) is 0 Å². The molecule has 1 N–H and O–H groups in total. The van der Waals surface area contributed by atoms with Crippen LogP contribution < -0.4 is 0 Å². The average Bonchev–Trinajstić information content (AvgIpc) is 2.89. The topological polar surface area (TPSA) is 40.5 Å². The smallest absolute Gasteiger partial charge is 0.312 e. The van der Waals surface area contributed by atoms with Crippen LogP contribution in [0.4, 0.5) is 0 Å². The molecule has 0 bridgehead atoms. The molecule has 1 heterocycles. The Morgan fingerprint density at radius 2 is 1.95 bits per heavy atom. The van der Waals surface area contributed by atoms with Crippen LogP contribution in [-0.2, 0) is 4.79 Å². The molecule has 20 heavy (non-hydrogen) atoms. The van der Waals surface area contributed by atoms with Gasteiger partial charge >= 0.3 is 5.97 Å². The van der Waals surface area contributed by atoms with Crippen molar-refractivity contribution in [2.45, 2.75) is 39.0 Å². The van der Waals surface area contributed by atoms with Gasteiger partial charge in [0.15, 0.2) is 0 Å². The van der Waals surface area contributed by atoms with Gasteiger partial charge in [0.05, 0.1) is 5.92 Å². The van der Waals surface area contributed by atoms with Crippen LogP contribution in [-0.4, -0.2) is 35.6 Å². The minimum absolute atomic E-state index is 0.403. The number of carboxylic acids is 1. The van der Waals surface area contributed by atoms with Gasteiger partial charge in [-0.15, -0.1) is 0 Å². The maximum atomic E-state index is 11.6. The number of carbonyl (C=O) groups is 1. The van der Waals surface area contributed by atoms with Gasteiger partial charge in [-0.05, 0) is 36.8 Å². The highest BCUT2D eigenvalue weighted by Crippen LogP contribution is 2.37. The third-order valence-electron chi connectivity index (χ3n) is 4.96. The predicted octanol–water partition coefficient (Wildman–Crippen LogP) is 3.37. The normalized spacial score (nSPS) is 19.9. The number of hydrogen-bond acceptors (Lipinski definition) is 2. The van der Waals surface area contributed by atoms with E-state index in [2.05, 4.69) is 18.7 Å². The molecule has 1 aliphatic heterocycles. The third-order valence-corrected chi connectivity index (χ3v) is 4.96. The quantitative estimate of drug-likeness (QED) is 0.865. The predicted molar refractivity (Wildman–Crippen MR) is 80.9 cm³/mol. The summed E-state index contributed by atoms with van der Waals surface area (Å²) in [4.78, 5) is 13.9. The molecule has 1 unspecified atom stereocenters. The monoisotopic (exact) mass is 275 g/mol. The summed E-state index contributed by atoms with van der Waals surface area (Å²) >= 11 is 0. The molecule has 0 saturated carbocycles. The van der Waals surface area contributed by atoms with Crippen molar-refractivity contribution in [3.63, 3.8) is 0 Å². The second-order valence-electron chi connectivity index (χ2n) is 5.99. The molecule has 110 valence electrons. The maximum Gasteiger partial charge on any atom is 0.312 e. The van der Waals surface area contributed by atoms with Gasteiger partial charge in [0.2, 0.25) is 0 Å². The molecule has 2 rings (SSSR count). The Kier molecular flexibility index (Phi) is 4.81. The highest BCUT2D eigenvalue weighted by molar-refractivity contribution is 5.76. The summed E-state index contributed by atoms with van der Waals surface area (Å²) in [6.07, 6.45) is 3.56. The summed E-state index contributed by atoms with van der Waals surface area (Å²) in [6, 6.07) is 9.59. The highest BCUT2D eigenvalue weighted by atomic mass is 16.4. The second kappa shape index (κ2) is 6.40. The SMILES string of the molecule is CCC1(CC)CCN(CC(C(=O)O)c2ccccc2)C1. The number of likely N-dealkylation sites (tertiary alicyclic amines) is 1. The number of nitrogens with zero attached hydrogens (tertiary/aromatic N) is 1. The van der Waals surface area contributed by atoms with Crippen LogP contribution in [0.5, 0.6) is 0 Å². The van der Waals surface area contributed by atoms with Crippen LogP contribution in [0.2, 0.25) is 0 Å². The van der Waals surface area contributed by atoms with Crippen molar-refractivity contribution in [2.75, 3.05) is 19.6 Å². The second-order valence-corrected chi connectivity index (χ2v) is 5.99. The van der Waals surface area contributed by atoms with E-state index in [9.17, 15) is 9.90 Å². The summed E-state index contributed by atoms with van der Waals surface area (Å²) in [7, 11) is 0. The molecule has 1 atom stereocenters. The Balaban J connectivity index is 2.06. The molecule has 1 aromatic carbocycles. The van der Waals surface area contributed by atoms with E-state index in [4.69, 9.17) is 0 Å². The summed E-state index contributed by atoms with van der Waals surface area (Å²) < 4.78 is 0. The zero-order valence-electron chi connectivity index (χ0n) is 12.5. The molecule has 0 amide bonds. The lowest BCUT2D eigenvalue weighted by Gasteiger charge is -2.27. The van der Waals surface area contributed by atoms with Gasteiger partial charge < -0.3 is 10.0 Å². The van der Waals surface area contributed by atoms with Crippen molar-refractivity contribution in [2.24, 2.45) is 5.41 Å². The number of carboxylic acid groups (broad SMARTS) is 1. The van der Waals surface area contributed by atoms with E-state index >= 15 is 0 Å². The van der Waals surface area contributed by atoms with E-state index in [1.807, 2.05) is 30.3 Å². The van der Waals surface area contributed by atoms with E-state index in [1.54, 1.807) is 0 Å². The van der Waals surface area contributed by atoms with Crippen LogP contribution in [0.3, 0.4) is 0 Å². The first-order valence-corrected chi connectivity index (χ1v) is 7.60. The molecule has 0 aromatic heterocycles. The lowest BCUT2D eigenvalue weighted by molar-refractivity contribution is -0.139. The molecule has 3 heteroatoms. The molecule has 3 nitrogen and oxygen atoms in total. The van der Waals surface area contributed by atoms with Gasteiger partial charge in [-0.1, -0.05) is 44.2 Å². The van der Waals surface area contributed by atoms with Crippen molar-refractivity contribution in [3.05, 3.63) is 35.9 Å². The minimum Gasteiger partial charge on any atom is -0.481 e. The van der Waals surface area contributed by atoms with Gasteiger partial charge in [0.25, 0.3) is 0 Å². The maximum absolute atomic E-state index is 11.6. The van der Waals surface area contributed by atoms with Crippen molar-refractivity contribution in [1.29, 1.82) is 0 Å². The van der Waals surface area contributed by atoms with Crippen molar-refractivity contribution in [1.82, 2.24) is 4.90 Å². The molecule has 0 radical (unpaired) electrons. The standard InChI is InChI=1S/C17H25NO2/c1-3-17(4-2)10-11-18(13-17)12-15(16(19)20)14-8-6-5-7-9-14/h5-9,15H,3-4,10-13H2,1-2H3,(H,19,20). The Labute approximate surface area is 121 Å². The Morgan fingerprint density at radius 1 is 1.30 bits per heavy atom. The summed E-state index contributed by atoms with van der Waals surface area (Å²) in [6.45, 7) is 7.19. The van der Waals surface area contributed by atoms with Crippen LogP contribution in [0, 0.1) is 5.41 Å². The van der Waals surface area contributed by atoms with E-state index in [0.717, 1.165) is 18.7 Å². The Bertz CT molecular complexity index is 440. The van der Waals surface area contributed by atoms with E-state index in [1.165, 1.54) is 19.3 Å². The van der Waals surface area contributed by atoms with Crippen molar-refractivity contribution >= 4 is 5.97 Å². The van der Waals surface area contributed by atoms with E-state index < -0.39 is 11.9 Å². The zero-order valence-corrected chi connectivity index (χ0v) is 12.5. The largest absolute Gasteiger partial charge is 0.481 e. The molecule has 0 spiro atoms. The lowest BCUT2D eigenvalue weighted by Crippen LogP contribution is -2.32. The summed E-state index contributed by atoms with van der Waals surface area (Å²) in [5.41, 5.74) is 1.31. The number of aliphatic carboxylic acids is 1. The fraction of sp³-hybridized carbons (Fsp3) is 0.588. The summed E-state index contributed by atoms with van der Waals surface area (Å²) in [5.74, 6) is -1.14. The third kappa shape index (κ3) is 3.21. The Morgan fingerprint density at radius 3 is 2.45 bits per heavy atom. The fourth-order valence-corrected chi connectivity index (χ4v) is 3.28. The van der Waals surface area contributed by atoms with Crippen molar-refractivity contribution < 1.29 is 9.90 Å². The first kappa shape index (κ1) is 15.0. The molecule has 1 aromatic rings. The molecule has 1 saturated heterocycles. The number of rotatable bonds is 6. The van der Waals surface area contributed by atoms with Crippen LogP contribution >= 0.6 is 0 Å². The molecular formula is C17H25NO2. The average molecular weight is 275 g/mol. The zero-order chi connectivity index (χ0) is 14.6. The summed E-state index contributed by atoms with van der Waals surface area (Å²) in [5, 5.41) is 9.50. The van der Waals surface area contributed by atoms with Gasteiger partial charge in [-0.25, -0.2) is 0 Å². The number of benzene rings is 1.